The molecule has 0 aromatic carbocycles. The molecule has 0 radical (unpaired) electrons. The summed E-state index contributed by atoms with van der Waals surface area (Å²) in [6.07, 6.45) is 14.7. The normalized spacial score (nSPS) is 13.0. The topological polar surface area (TPSA) is 101 Å². The molecule has 7 heteroatoms. The molecule has 0 aromatic heterocycles. The van der Waals surface area contributed by atoms with Crippen LogP contribution in [0.4, 0.5) is 0 Å². The minimum atomic E-state index is -4.49. The van der Waals surface area contributed by atoms with E-state index >= 15 is 0 Å². The van der Waals surface area contributed by atoms with Gasteiger partial charge < -0.3 is 9.84 Å². The van der Waals surface area contributed by atoms with E-state index < -0.39 is 21.3 Å². The lowest BCUT2D eigenvalue weighted by Crippen LogP contribution is -2.29. The van der Waals surface area contributed by atoms with Gasteiger partial charge in [-0.1, -0.05) is 77.0 Å². The van der Waals surface area contributed by atoms with E-state index in [9.17, 15) is 13.2 Å². The van der Waals surface area contributed by atoms with E-state index in [1.54, 1.807) is 7.11 Å². The van der Waals surface area contributed by atoms with Crippen LogP contribution in [-0.2, 0) is 19.6 Å². The summed E-state index contributed by atoms with van der Waals surface area (Å²) in [5, 5.41) is 7.10. The van der Waals surface area contributed by atoms with E-state index in [1.807, 2.05) is 0 Å². The third-order valence-electron chi connectivity index (χ3n) is 4.45. The molecule has 0 aliphatic rings. The first-order chi connectivity index (χ1) is 11.9. The summed E-state index contributed by atoms with van der Waals surface area (Å²) in [6, 6.07) is 0. The first kappa shape index (κ1) is 24.3. The maximum absolute atomic E-state index is 10.9. The number of methoxy groups -OCH3 is 1. The largest absolute Gasteiger partial charge is 0.480 e. The lowest BCUT2D eigenvalue weighted by molar-refractivity contribution is -0.136. The summed E-state index contributed by atoms with van der Waals surface area (Å²) in [7, 11) is -2.75. The summed E-state index contributed by atoms with van der Waals surface area (Å²) in [5.41, 5.74) is 0. The number of ether oxygens (including phenoxy) is 1. The highest BCUT2D eigenvalue weighted by Crippen LogP contribution is 2.15. The predicted octanol–water partition coefficient (Wildman–Crippen LogP) is 4.44. The lowest BCUT2D eigenvalue weighted by atomic mass is 10.0. The second kappa shape index (κ2) is 15.6. The van der Waals surface area contributed by atoms with Gasteiger partial charge in [-0.2, -0.15) is 8.42 Å². The Morgan fingerprint density at radius 1 is 0.800 bits per heavy atom. The van der Waals surface area contributed by atoms with Gasteiger partial charge in [0.15, 0.2) is 5.25 Å². The van der Waals surface area contributed by atoms with Gasteiger partial charge in [0.1, 0.15) is 0 Å². The molecule has 0 heterocycles. The molecule has 0 saturated heterocycles. The van der Waals surface area contributed by atoms with Crippen molar-refractivity contribution in [2.24, 2.45) is 0 Å². The van der Waals surface area contributed by atoms with Gasteiger partial charge in [-0.3, -0.25) is 9.35 Å². The van der Waals surface area contributed by atoms with Crippen LogP contribution in [0.5, 0.6) is 0 Å². The Bertz CT molecular complexity index is 421. The van der Waals surface area contributed by atoms with Crippen molar-refractivity contribution < 1.29 is 27.6 Å². The van der Waals surface area contributed by atoms with Crippen molar-refractivity contribution in [2.75, 3.05) is 13.7 Å². The first-order valence-electron chi connectivity index (χ1n) is 9.57. The Morgan fingerprint density at radius 3 is 1.48 bits per heavy atom. The van der Waals surface area contributed by atoms with Crippen molar-refractivity contribution in [1.29, 1.82) is 0 Å². The smallest absolute Gasteiger partial charge is 0.324 e. The zero-order chi connectivity index (χ0) is 19.0. The Morgan fingerprint density at radius 2 is 1.16 bits per heavy atom. The molecular formula is C18H36O6S. The summed E-state index contributed by atoms with van der Waals surface area (Å²) in [6.45, 7) is 0.868. The van der Waals surface area contributed by atoms with Gasteiger partial charge in [-0.15, -0.1) is 0 Å². The van der Waals surface area contributed by atoms with E-state index in [1.165, 1.54) is 51.4 Å². The van der Waals surface area contributed by atoms with Crippen molar-refractivity contribution in [2.45, 2.75) is 95.1 Å². The third-order valence-corrected chi connectivity index (χ3v) is 5.61. The highest BCUT2D eigenvalue weighted by atomic mass is 32.2. The molecule has 0 amide bonds. The van der Waals surface area contributed by atoms with Crippen LogP contribution in [-0.4, -0.2) is 43.0 Å². The zero-order valence-electron chi connectivity index (χ0n) is 15.6. The maximum Gasteiger partial charge on any atom is 0.324 e. The molecule has 0 aliphatic heterocycles. The second-order valence-electron chi connectivity index (χ2n) is 6.72. The Balaban J connectivity index is 3.35. The number of carboxylic acids is 1. The summed E-state index contributed by atoms with van der Waals surface area (Å²) < 4.78 is 35.7. The molecule has 0 aliphatic carbocycles. The van der Waals surface area contributed by atoms with Crippen LogP contribution in [0.2, 0.25) is 0 Å². The molecule has 0 bridgehead atoms. The first-order valence-corrected chi connectivity index (χ1v) is 11.1. The standard InChI is InChI=1S/C18H36O6S/c1-24-16-14-12-10-8-6-4-2-3-5-7-9-11-13-15-17(18(19)20)25(21,22)23/h17H,2-16H2,1H3,(H,19,20)(H,21,22,23). The van der Waals surface area contributed by atoms with Crippen molar-refractivity contribution in [3.05, 3.63) is 0 Å². The molecule has 1 unspecified atom stereocenters. The van der Waals surface area contributed by atoms with Crippen molar-refractivity contribution >= 4 is 16.1 Å². The molecule has 0 fully saturated rings. The molecule has 0 rings (SSSR count). The number of rotatable bonds is 18. The van der Waals surface area contributed by atoms with Crippen molar-refractivity contribution in [1.82, 2.24) is 0 Å². The SMILES string of the molecule is COCCCCCCCCCCCCCCCC(C(=O)O)S(=O)(=O)O. The third kappa shape index (κ3) is 15.3. The van der Waals surface area contributed by atoms with Crippen LogP contribution in [0.25, 0.3) is 0 Å². The van der Waals surface area contributed by atoms with E-state index in [4.69, 9.17) is 14.4 Å². The quantitative estimate of drug-likeness (QED) is 0.269. The van der Waals surface area contributed by atoms with Gasteiger partial charge in [-0.25, -0.2) is 0 Å². The van der Waals surface area contributed by atoms with Gasteiger partial charge in [0.2, 0.25) is 0 Å². The van der Waals surface area contributed by atoms with Gasteiger partial charge in [0, 0.05) is 13.7 Å². The van der Waals surface area contributed by atoms with E-state index in [-0.39, 0.29) is 6.42 Å². The van der Waals surface area contributed by atoms with E-state index in [2.05, 4.69) is 0 Å². The Labute approximate surface area is 153 Å². The van der Waals surface area contributed by atoms with Crippen molar-refractivity contribution in [3.8, 4) is 0 Å². The highest BCUT2D eigenvalue weighted by molar-refractivity contribution is 7.87. The molecule has 1 atom stereocenters. The molecule has 0 saturated carbocycles. The Hall–Kier alpha value is -0.660. The van der Waals surface area contributed by atoms with Crippen LogP contribution in [0.3, 0.4) is 0 Å². The summed E-state index contributed by atoms with van der Waals surface area (Å²) in [5.74, 6) is -1.47. The molecule has 2 N–H and O–H groups in total. The fourth-order valence-electron chi connectivity index (χ4n) is 2.92. The van der Waals surface area contributed by atoms with Crippen LogP contribution in [0.1, 0.15) is 89.9 Å². The number of carbonyl (C=O) groups is 1. The summed E-state index contributed by atoms with van der Waals surface area (Å²) >= 11 is 0. The molecule has 0 aromatic rings. The lowest BCUT2D eigenvalue weighted by Gasteiger charge is -2.08. The predicted molar refractivity (Wildman–Crippen MR) is 99.5 cm³/mol. The zero-order valence-corrected chi connectivity index (χ0v) is 16.4. The van der Waals surface area contributed by atoms with Gasteiger partial charge >= 0.3 is 5.97 Å². The van der Waals surface area contributed by atoms with Crippen LogP contribution < -0.4 is 0 Å². The maximum atomic E-state index is 10.9. The minimum absolute atomic E-state index is 0.0153. The van der Waals surface area contributed by atoms with Gasteiger partial charge in [0.05, 0.1) is 0 Å². The molecule has 6 nitrogen and oxygen atoms in total. The number of hydrogen-bond acceptors (Lipinski definition) is 4. The molecular weight excluding hydrogens is 344 g/mol. The summed E-state index contributed by atoms with van der Waals surface area (Å²) in [4.78, 5) is 10.8. The van der Waals surface area contributed by atoms with Crippen molar-refractivity contribution in [3.63, 3.8) is 0 Å². The van der Waals surface area contributed by atoms with Crippen LogP contribution >= 0.6 is 0 Å². The number of hydrogen-bond donors (Lipinski definition) is 2. The molecule has 25 heavy (non-hydrogen) atoms. The monoisotopic (exact) mass is 380 g/mol. The second-order valence-corrected chi connectivity index (χ2v) is 8.32. The number of carboxylic acid groups (broad SMARTS) is 1. The average Bonchev–Trinajstić information content (AvgIpc) is 2.53. The Kier molecular flexibility index (Phi) is 15.2. The van der Waals surface area contributed by atoms with Gasteiger partial charge in [0.25, 0.3) is 10.1 Å². The van der Waals surface area contributed by atoms with Crippen LogP contribution in [0.15, 0.2) is 0 Å². The number of unbranched alkanes of at least 4 members (excludes halogenated alkanes) is 12. The molecule has 150 valence electrons. The van der Waals surface area contributed by atoms with E-state index in [0.717, 1.165) is 32.3 Å². The highest BCUT2D eigenvalue weighted by Gasteiger charge is 2.29. The van der Waals surface area contributed by atoms with Crippen LogP contribution in [0, 0.1) is 0 Å². The fraction of sp³-hybridized carbons (Fsp3) is 0.944. The fourth-order valence-corrected chi connectivity index (χ4v) is 3.64. The average molecular weight is 381 g/mol. The van der Waals surface area contributed by atoms with E-state index in [0.29, 0.717) is 6.42 Å². The van der Waals surface area contributed by atoms with Gasteiger partial charge in [-0.05, 0) is 12.8 Å². The minimum Gasteiger partial charge on any atom is -0.480 e. The number of aliphatic carboxylic acids is 1. The molecule has 0 spiro atoms.